The van der Waals surface area contributed by atoms with Crippen molar-refractivity contribution < 1.29 is 18.0 Å². The minimum Gasteiger partial charge on any atom is -0.342 e. The van der Waals surface area contributed by atoms with E-state index in [1.807, 2.05) is 17.0 Å². The standard InChI is InChI=1S/C22H24F3N3O/c23-22(24,25)19-6-3-18(4-7-19)13-27-14-21(15-27)9-11-28(16-21)20(29)8-5-17-2-1-10-26-12-17/h1-4,6-7,10,12H,5,8-9,11,13-16H2. The molecular weight excluding hydrogens is 379 g/mol. The maximum Gasteiger partial charge on any atom is 0.416 e. The molecule has 4 nitrogen and oxygen atoms in total. The Morgan fingerprint density at radius 3 is 2.48 bits per heavy atom. The number of halogens is 3. The monoisotopic (exact) mass is 403 g/mol. The molecule has 2 aliphatic heterocycles. The van der Waals surface area contributed by atoms with E-state index in [1.165, 1.54) is 0 Å². The Balaban J connectivity index is 1.23. The van der Waals surface area contributed by atoms with Crippen LogP contribution in [0.25, 0.3) is 0 Å². The van der Waals surface area contributed by atoms with Crippen LogP contribution in [-0.4, -0.2) is 46.9 Å². The van der Waals surface area contributed by atoms with Gasteiger partial charge in [-0.25, -0.2) is 0 Å². The van der Waals surface area contributed by atoms with E-state index in [0.29, 0.717) is 19.4 Å². The second kappa shape index (κ2) is 7.78. The molecule has 1 aromatic carbocycles. The summed E-state index contributed by atoms with van der Waals surface area (Å²) in [5.41, 5.74) is 1.49. The smallest absolute Gasteiger partial charge is 0.342 e. The molecule has 0 N–H and O–H groups in total. The molecule has 2 saturated heterocycles. The molecule has 2 aromatic rings. The lowest BCUT2D eigenvalue weighted by Crippen LogP contribution is -2.57. The summed E-state index contributed by atoms with van der Waals surface area (Å²) in [7, 11) is 0. The Hall–Kier alpha value is -2.41. The molecule has 0 atom stereocenters. The lowest BCUT2D eigenvalue weighted by Gasteiger charge is -2.48. The van der Waals surface area contributed by atoms with Crippen molar-refractivity contribution >= 4 is 5.91 Å². The topological polar surface area (TPSA) is 36.4 Å². The zero-order chi connectivity index (χ0) is 20.5. The van der Waals surface area contributed by atoms with Crippen LogP contribution in [0.15, 0.2) is 48.8 Å². The number of alkyl halides is 3. The van der Waals surface area contributed by atoms with Gasteiger partial charge in [0.05, 0.1) is 5.56 Å². The maximum absolute atomic E-state index is 12.7. The van der Waals surface area contributed by atoms with E-state index in [1.54, 1.807) is 24.5 Å². The molecule has 0 unspecified atom stereocenters. The maximum atomic E-state index is 12.7. The van der Waals surface area contributed by atoms with E-state index >= 15 is 0 Å². The van der Waals surface area contributed by atoms with Crippen molar-refractivity contribution in [3.63, 3.8) is 0 Å². The third-order valence-electron chi connectivity index (χ3n) is 5.95. The fourth-order valence-electron chi connectivity index (χ4n) is 4.43. The van der Waals surface area contributed by atoms with E-state index in [0.717, 1.165) is 55.9 Å². The second-order valence-corrected chi connectivity index (χ2v) is 8.27. The molecule has 2 aliphatic rings. The molecule has 0 radical (unpaired) electrons. The number of nitrogens with zero attached hydrogens (tertiary/aromatic N) is 3. The van der Waals surface area contributed by atoms with E-state index in [9.17, 15) is 18.0 Å². The number of aryl methyl sites for hydroxylation is 1. The van der Waals surface area contributed by atoms with E-state index in [2.05, 4.69) is 9.88 Å². The lowest BCUT2D eigenvalue weighted by molar-refractivity contribution is -0.137. The van der Waals surface area contributed by atoms with Crippen LogP contribution in [0.5, 0.6) is 0 Å². The van der Waals surface area contributed by atoms with Gasteiger partial charge in [0.25, 0.3) is 0 Å². The number of hydrogen-bond donors (Lipinski definition) is 0. The Labute approximate surface area is 168 Å². The van der Waals surface area contributed by atoms with Gasteiger partial charge in [0.1, 0.15) is 0 Å². The quantitative estimate of drug-likeness (QED) is 0.763. The van der Waals surface area contributed by atoms with E-state index < -0.39 is 11.7 Å². The van der Waals surface area contributed by atoms with Crippen LogP contribution in [0.4, 0.5) is 13.2 Å². The highest BCUT2D eigenvalue weighted by Gasteiger charge is 2.48. The van der Waals surface area contributed by atoms with E-state index in [-0.39, 0.29) is 11.3 Å². The number of hydrogen-bond acceptors (Lipinski definition) is 3. The first kappa shape index (κ1) is 19.9. The Kier molecular flexibility index (Phi) is 5.34. The first-order valence-corrected chi connectivity index (χ1v) is 9.88. The molecule has 2 fully saturated rings. The van der Waals surface area contributed by atoms with Crippen molar-refractivity contribution in [2.75, 3.05) is 26.2 Å². The van der Waals surface area contributed by atoms with Gasteiger partial charge < -0.3 is 4.90 Å². The number of amides is 1. The van der Waals surface area contributed by atoms with Crippen molar-refractivity contribution in [1.29, 1.82) is 0 Å². The summed E-state index contributed by atoms with van der Waals surface area (Å²) in [6, 6.07) is 9.25. The molecular formula is C22H24F3N3O. The van der Waals surface area contributed by atoms with Gasteiger partial charge in [-0.2, -0.15) is 13.2 Å². The number of carbonyl (C=O) groups excluding carboxylic acids is 1. The van der Waals surface area contributed by atoms with Crippen LogP contribution in [0.3, 0.4) is 0 Å². The van der Waals surface area contributed by atoms with Gasteiger partial charge >= 0.3 is 6.18 Å². The van der Waals surface area contributed by atoms with Gasteiger partial charge in [0, 0.05) is 57.0 Å². The summed E-state index contributed by atoms with van der Waals surface area (Å²) >= 11 is 0. The fraction of sp³-hybridized carbons (Fsp3) is 0.455. The molecule has 154 valence electrons. The molecule has 29 heavy (non-hydrogen) atoms. The average molecular weight is 403 g/mol. The van der Waals surface area contributed by atoms with Gasteiger partial charge in [0.15, 0.2) is 0 Å². The number of benzene rings is 1. The van der Waals surface area contributed by atoms with Gasteiger partial charge in [-0.15, -0.1) is 0 Å². The third kappa shape index (κ3) is 4.61. The zero-order valence-corrected chi connectivity index (χ0v) is 16.2. The molecule has 1 spiro atoms. The van der Waals surface area contributed by atoms with Gasteiger partial charge in [-0.1, -0.05) is 18.2 Å². The molecule has 4 rings (SSSR count). The minimum absolute atomic E-state index is 0.149. The highest BCUT2D eigenvalue weighted by molar-refractivity contribution is 5.76. The molecule has 0 aliphatic carbocycles. The van der Waals surface area contributed by atoms with Crippen LogP contribution in [0, 0.1) is 5.41 Å². The highest BCUT2D eigenvalue weighted by atomic mass is 19.4. The van der Waals surface area contributed by atoms with Crippen molar-refractivity contribution in [3.05, 3.63) is 65.5 Å². The number of likely N-dealkylation sites (tertiary alicyclic amines) is 2. The first-order valence-electron chi connectivity index (χ1n) is 9.88. The summed E-state index contributed by atoms with van der Waals surface area (Å²) in [6.45, 7) is 4.00. The zero-order valence-electron chi connectivity index (χ0n) is 16.2. The average Bonchev–Trinajstić information content (AvgIpc) is 3.12. The lowest BCUT2D eigenvalue weighted by atomic mass is 9.79. The Morgan fingerprint density at radius 2 is 1.83 bits per heavy atom. The first-order chi connectivity index (χ1) is 13.8. The van der Waals surface area contributed by atoms with Crippen LogP contribution < -0.4 is 0 Å². The normalized spacial score (nSPS) is 18.8. The van der Waals surface area contributed by atoms with Crippen molar-refractivity contribution in [3.8, 4) is 0 Å². The molecule has 0 bridgehead atoms. The fourth-order valence-corrected chi connectivity index (χ4v) is 4.43. The van der Waals surface area contributed by atoms with E-state index in [4.69, 9.17) is 0 Å². The van der Waals surface area contributed by atoms with Crippen molar-refractivity contribution in [2.24, 2.45) is 5.41 Å². The molecule has 0 saturated carbocycles. The predicted octanol–water partition coefficient (Wildman–Crippen LogP) is 3.77. The highest BCUT2D eigenvalue weighted by Crippen LogP contribution is 2.40. The Morgan fingerprint density at radius 1 is 1.07 bits per heavy atom. The predicted molar refractivity (Wildman–Crippen MR) is 103 cm³/mol. The third-order valence-corrected chi connectivity index (χ3v) is 5.95. The number of pyridine rings is 1. The molecule has 1 amide bonds. The van der Waals surface area contributed by atoms with Gasteiger partial charge in [-0.05, 0) is 42.2 Å². The second-order valence-electron chi connectivity index (χ2n) is 8.27. The SMILES string of the molecule is O=C(CCc1cccnc1)N1CCC2(CN(Cc3ccc(C(F)(F)F)cc3)C2)C1. The van der Waals surface area contributed by atoms with Crippen molar-refractivity contribution in [2.45, 2.75) is 32.0 Å². The summed E-state index contributed by atoms with van der Waals surface area (Å²) < 4.78 is 38.0. The summed E-state index contributed by atoms with van der Waals surface area (Å²) in [6.07, 6.45) is 1.42. The van der Waals surface area contributed by atoms with Crippen molar-refractivity contribution in [1.82, 2.24) is 14.8 Å². The summed E-state index contributed by atoms with van der Waals surface area (Å²) in [5, 5.41) is 0. The van der Waals surface area contributed by atoms with Crippen LogP contribution in [0.2, 0.25) is 0 Å². The van der Waals surface area contributed by atoms with Crippen LogP contribution >= 0.6 is 0 Å². The van der Waals surface area contributed by atoms with Gasteiger partial charge in [0.2, 0.25) is 5.91 Å². The number of carbonyl (C=O) groups is 1. The van der Waals surface area contributed by atoms with Gasteiger partial charge in [-0.3, -0.25) is 14.7 Å². The van der Waals surface area contributed by atoms with Crippen LogP contribution in [0.1, 0.15) is 29.5 Å². The number of aromatic nitrogens is 1. The molecule has 7 heteroatoms. The molecule has 1 aromatic heterocycles. The minimum atomic E-state index is -4.30. The largest absolute Gasteiger partial charge is 0.416 e. The summed E-state index contributed by atoms with van der Waals surface area (Å²) in [4.78, 5) is 20.8. The molecule has 3 heterocycles. The van der Waals surface area contributed by atoms with Crippen LogP contribution in [-0.2, 0) is 23.9 Å². The Bertz CT molecular complexity index is 846. The number of rotatable bonds is 5. The summed E-state index contributed by atoms with van der Waals surface area (Å²) in [5.74, 6) is 0.187.